The molecule has 6 heteroatoms. The lowest BCUT2D eigenvalue weighted by atomic mass is 9.88. The number of rotatable bonds is 2. The monoisotopic (exact) mass is 308 g/mol. The highest BCUT2D eigenvalue weighted by molar-refractivity contribution is 5.67. The molecule has 1 aromatic heterocycles. The minimum atomic E-state index is 0.174. The lowest BCUT2D eigenvalue weighted by Crippen LogP contribution is -2.32. The first-order valence-corrected chi connectivity index (χ1v) is 7.54. The van der Waals surface area contributed by atoms with E-state index in [4.69, 9.17) is 4.74 Å². The van der Waals surface area contributed by atoms with Crippen molar-refractivity contribution in [1.82, 2.24) is 15.5 Å². The molecule has 4 rings (SSSR count). The Kier molecular flexibility index (Phi) is 3.46. The molecule has 0 spiro atoms. The van der Waals surface area contributed by atoms with Crippen molar-refractivity contribution in [3.05, 3.63) is 65.5 Å². The van der Waals surface area contributed by atoms with E-state index in [0.717, 1.165) is 30.0 Å². The number of carbonyl (C=O) groups excluding carboxylic acids is 1. The maximum atomic E-state index is 11.2. The Bertz CT molecular complexity index is 804. The zero-order valence-electron chi connectivity index (χ0n) is 12.5. The highest BCUT2D eigenvalue weighted by atomic mass is 16.5. The summed E-state index contributed by atoms with van der Waals surface area (Å²) in [5.74, 6) is 2.25. The van der Waals surface area contributed by atoms with E-state index in [2.05, 4.69) is 21.6 Å². The van der Waals surface area contributed by atoms with E-state index in [-0.39, 0.29) is 11.8 Å². The molecule has 0 aliphatic carbocycles. The summed E-state index contributed by atoms with van der Waals surface area (Å²) >= 11 is 0. The number of nitrogens with one attached hydrogen (secondary N) is 2. The first kappa shape index (κ1) is 13.8. The van der Waals surface area contributed by atoms with Crippen molar-refractivity contribution in [2.45, 2.75) is 12.5 Å². The molecule has 0 radical (unpaired) electrons. The SMILES string of the molecule is O=C=C1OC=CCN1c1ccccc1C1CNCc2[nH]ncc21. The largest absolute Gasteiger partial charge is 0.440 e. The summed E-state index contributed by atoms with van der Waals surface area (Å²) in [7, 11) is 0. The van der Waals surface area contributed by atoms with Crippen molar-refractivity contribution in [3.8, 4) is 0 Å². The van der Waals surface area contributed by atoms with Crippen LogP contribution in [0.3, 0.4) is 0 Å². The molecular weight excluding hydrogens is 292 g/mol. The van der Waals surface area contributed by atoms with Crippen molar-refractivity contribution in [2.24, 2.45) is 0 Å². The molecule has 1 unspecified atom stereocenters. The standard InChI is InChI=1S/C17H16N4O2/c22-11-17-21(6-3-7-23-17)16-5-2-1-4-12(16)13-8-18-10-15-14(13)9-19-20-15/h1-5,7,9,13,18H,6,8,10H2,(H,19,20). The van der Waals surface area contributed by atoms with Gasteiger partial charge in [0.25, 0.3) is 5.88 Å². The predicted octanol–water partition coefficient (Wildman–Crippen LogP) is 1.67. The Morgan fingerprint density at radius 1 is 1.30 bits per heavy atom. The van der Waals surface area contributed by atoms with E-state index >= 15 is 0 Å². The molecule has 1 atom stereocenters. The third kappa shape index (κ3) is 2.34. The summed E-state index contributed by atoms with van der Waals surface area (Å²) in [5.41, 5.74) is 4.39. The fourth-order valence-corrected chi connectivity index (χ4v) is 3.22. The number of para-hydroxylation sites is 1. The van der Waals surface area contributed by atoms with Crippen LogP contribution in [0.25, 0.3) is 0 Å². The zero-order chi connectivity index (χ0) is 15.6. The van der Waals surface area contributed by atoms with Crippen molar-refractivity contribution in [3.63, 3.8) is 0 Å². The first-order valence-electron chi connectivity index (χ1n) is 7.54. The third-order valence-electron chi connectivity index (χ3n) is 4.28. The van der Waals surface area contributed by atoms with Gasteiger partial charge in [-0.25, -0.2) is 4.79 Å². The number of benzene rings is 1. The van der Waals surface area contributed by atoms with Gasteiger partial charge < -0.3 is 10.1 Å². The first-order chi connectivity index (χ1) is 11.4. The number of fused-ring (bicyclic) bond motifs is 1. The topological polar surface area (TPSA) is 70.2 Å². The molecule has 2 N–H and O–H groups in total. The van der Waals surface area contributed by atoms with Crippen LogP contribution in [0.15, 0.2) is 48.7 Å². The fourth-order valence-electron chi connectivity index (χ4n) is 3.22. The number of hydrogen-bond donors (Lipinski definition) is 2. The summed E-state index contributed by atoms with van der Waals surface area (Å²) in [6.45, 7) is 2.21. The van der Waals surface area contributed by atoms with Crippen LogP contribution >= 0.6 is 0 Å². The van der Waals surface area contributed by atoms with Crippen LogP contribution in [0.4, 0.5) is 5.69 Å². The second-order valence-corrected chi connectivity index (χ2v) is 5.55. The average molecular weight is 308 g/mol. The minimum Gasteiger partial charge on any atom is -0.440 e. The maximum absolute atomic E-state index is 11.2. The number of H-pyrrole nitrogens is 1. The Morgan fingerprint density at radius 2 is 2.22 bits per heavy atom. The smallest absolute Gasteiger partial charge is 0.287 e. The summed E-state index contributed by atoms with van der Waals surface area (Å²) in [6, 6.07) is 8.07. The molecule has 0 saturated heterocycles. The van der Waals surface area contributed by atoms with Crippen LogP contribution in [0, 0.1) is 0 Å². The van der Waals surface area contributed by atoms with Gasteiger partial charge in [0.05, 0.1) is 18.2 Å². The Balaban J connectivity index is 1.80. The highest BCUT2D eigenvalue weighted by Gasteiger charge is 2.28. The van der Waals surface area contributed by atoms with Crippen LogP contribution in [-0.2, 0) is 16.1 Å². The van der Waals surface area contributed by atoms with Gasteiger partial charge in [0.2, 0.25) is 0 Å². The molecule has 23 heavy (non-hydrogen) atoms. The third-order valence-corrected chi connectivity index (χ3v) is 4.28. The molecule has 2 aliphatic heterocycles. The van der Waals surface area contributed by atoms with Crippen molar-refractivity contribution >= 4 is 11.6 Å². The van der Waals surface area contributed by atoms with Crippen LogP contribution in [0.2, 0.25) is 0 Å². The summed E-state index contributed by atoms with van der Waals surface area (Å²) in [6.07, 6.45) is 5.29. The van der Waals surface area contributed by atoms with Crippen LogP contribution in [0.1, 0.15) is 22.7 Å². The predicted molar refractivity (Wildman–Crippen MR) is 85.4 cm³/mol. The Morgan fingerprint density at radius 3 is 3.13 bits per heavy atom. The number of ether oxygens (including phenoxy) is 1. The molecule has 116 valence electrons. The van der Waals surface area contributed by atoms with Gasteiger partial charge in [-0.1, -0.05) is 18.2 Å². The van der Waals surface area contributed by atoms with Gasteiger partial charge in [-0.15, -0.1) is 0 Å². The zero-order valence-corrected chi connectivity index (χ0v) is 12.5. The molecule has 2 aromatic rings. The van der Waals surface area contributed by atoms with Crippen LogP contribution < -0.4 is 10.2 Å². The van der Waals surface area contributed by atoms with Crippen LogP contribution in [-0.4, -0.2) is 29.2 Å². The number of hydrogen-bond acceptors (Lipinski definition) is 5. The normalized spacial score (nSPS) is 19.9. The van der Waals surface area contributed by atoms with E-state index in [1.54, 1.807) is 0 Å². The van der Waals surface area contributed by atoms with Gasteiger partial charge in [0.15, 0.2) is 5.94 Å². The van der Waals surface area contributed by atoms with Crippen molar-refractivity contribution in [2.75, 3.05) is 18.0 Å². The molecule has 2 aliphatic rings. The molecule has 0 saturated carbocycles. The summed E-state index contributed by atoms with van der Waals surface area (Å²) in [5, 5.41) is 10.6. The van der Waals surface area contributed by atoms with E-state index < -0.39 is 0 Å². The molecule has 0 fully saturated rings. The van der Waals surface area contributed by atoms with Gasteiger partial charge in [0.1, 0.15) is 0 Å². The number of anilines is 1. The lowest BCUT2D eigenvalue weighted by molar-refractivity contribution is 0.327. The van der Waals surface area contributed by atoms with Gasteiger partial charge in [0, 0.05) is 36.8 Å². The lowest BCUT2D eigenvalue weighted by Gasteiger charge is -2.31. The molecule has 1 aromatic carbocycles. The molecule has 0 bridgehead atoms. The number of aromatic amines is 1. The van der Waals surface area contributed by atoms with E-state index in [1.807, 2.05) is 41.3 Å². The van der Waals surface area contributed by atoms with E-state index in [9.17, 15) is 4.79 Å². The van der Waals surface area contributed by atoms with Gasteiger partial charge in [-0.2, -0.15) is 5.10 Å². The molecule has 6 nitrogen and oxygen atoms in total. The Labute approximate surface area is 133 Å². The van der Waals surface area contributed by atoms with Crippen molar-refractivity contribution in [1.29, 1.82) is 0 Å². The van der Waals surface area contributed by atoms with Crippen molar-refractivity contribution < 1.29 is 9.53 Å². The van der Waals surface area contributed by atoms with E-state index in [1.165, 1.54) is 11.8 Å². The minimum absolute atomic E-state index is 0.174. The van der Waals surface area contributed by atoms with Gasteiger partial charge >= 0.3 is 0 Å². The maximum Gasteiger partial charge on any atom is 0.287 e. The van der Waals surface area contributed by atoms with Gasteiger partial charge in [-0.05, 0) is 17.7 Å². The number of aromatic nitrogens is 2. The second-order valence-electron chi connectivity index (χ2n) is 5.55. The van der Waals surface area contributed by atoms with Gasteiger partial charge in [-0.3, -0.25) is 10.00 Å². The quantitative estimate of drug-likeness (QED) is 0.826. The average Bonchev–Trinajstić information content (AvgIpc) is 3.10. The second kappa shape index (κ2) is 5.76. The number of nitrogens with zero attached hydrogens (tertiary/aromatic N) is 2. The van der Waals surface area contributed by atoms with E-state index in [0.29, 0.717) is 6.54 Å². The highest BCUT2D eigenvalue weighted by Crippen LogP contribution is 2.36. The van der Waals surface area contributed by atoms with Crippen LogP contribution in [0.5, 0.6) is 0 Å². The summed E-state index contributed by atoms with van der Waals surface area (Å²) < 4.78 is 5.30. The Hall–Kier alpha value is -2.82. The summed E-state index contributed by atoms with van der Waals surface area (Å²) in [4.78, 5) is 13.0. The molecular formula is C17H16N4O2. The molecule has 0 amide bonds. The fraction of sp³-hybridized carbons (Fsp3) is 0.235. The molecule has 3 heterocycles.